The lowest BCUT2D eigenvalue weighted by atomic mass is 10.3. The highest BCUT2D eigenvalue weighted by Crippen LogP contribution is 2.14. The number of morpholine rings is 1. The maximum Gasteiger partial charge on any atom is 0.123 e. The monoisotopic (exact) mass is 239 g/mol. The molecular weight excluding hydrogens is 214 g/mol. The van der Waals surface area contributed by atoms with Crippen LogP contribution in [0, 0.1) is 0 Å². The van der Waals surface area contributed by atoms with Gasteiger partial charge in [-0.2, -0.15) is 0 Å². The van der Waals surface area contributed by atoms with Gasteiger partial charge in [0.15, 0.2) is 0 Å². The third kappa shape index (κ3) is 5.54. The SMILES string of the molecule is CC.CC.Nc1ccc(N2CCOCC2)cn1. The van der Waals surface area contributed by atoms with E-state index in [1.54, 1.807) is 6.20 Å². The third-order valence-electron chi connectivity index (χ3n) is 2.15. The average molecular weight is 239 g/mol. The van der Waals surface area contributed by atoms with Crippen LogP contribution >= 0.6 is 0 Å². The van der Waals surface area contributed by atoms with Crippen molar-refractivity contribution in [3.8, 4) is 0 Å². The van der Waals surface area contributed by atoms with Gasteiger partial charge in [0.2, 0.25) is 0 Å². The number of ether oxygens (including phenoxy) is 1. The molecule has 1 aliphatic heterocycles. The topological polar surface area (TPSA) is 51.4 Å². The van der Waals surface area contributed by atoms with E-state index in [0.717, 1.165) is 32.0 Å². The van der Waals surface area contributed by atoms with Gasteiger partial charge in [0.05, 0.1) is 25.1 Å². The maximum absolute atomic E-state index is 5.50. The van der Waals surface area contributed by atoms with Crippen molar-refractivity contribution in [1.29, 1.82) is 0 Å². The molecule has 1 aliphatic rings. The summed E-state index contributed by atoms with van der Waals surface area (Å²) in [5, 5.41) is 0. The molecule has 4 heteroatoms. The van der Waals surface area contributed by atoms with Crippen LogP contribution in [0.4, 0.5) is 11.5 Å². The van der Waals surface area contributed by atoms with E-state index in [1.807, 2.05) is 39.8 Å². The minimum absolute atomic E-state index is 0.567. The lowest BCUT2D eigenvalue weighted by Gasteiger charge is -2.28. The number of rotatable bonds is 1. The summed E-state index contributed by atoms with van der Waals surface area (Å²) in [4.78, 5) is 6.30. The summed E-state index contributed by atoms with van der Waals surface area (Å²) < 4.78 is 5.26. The first kappa shape index (κ1) is 15.7. The van der Waals surface area contributed by atoms with Crippen molar-refractivity contribution in [3.63, 3.8) is 0 Å². The van der Waals surface area contributed by atoms with Crippen molar-refractivity contribution in [3.05, 3.63) is 18.3 Å². The Hall–Kier alpha value is -1.29. The number of nitrogens with two attached hydrogens (primary N) is 1. The highest BCUT2D eigenvalue weighted by Gasteiger charge is 2.10. The Morgan fingerprint density at radius 1 is 1.12 bits per heavy atom. The van der Waals surface area contributed by atoms with Crippen molar-refractivity contribution in [2.24, 2.45) is 0 Å². The summed E-state index contributed by atoms with van der Waals surface area (Å²) in [5.41, 5.74) is 6.62. The van der Waals surface area contributed by atoms with Gasteiger partial charge in [-0.15, -0.1) is 0 Å². The third-order valence-corrected chi connectivity index (χ3v) is 2.15. The number of pyridine rings is 1. The molecule has 0 unspecified atom stereocenters. The molecule has 1 aromatic heterocycles. The largest absolute Gasteiger partial charge is 0.384 e. The molecule has 1 fully saturated rings. The highest BCUT2D eigenvalue weighted by atomic mass is 16.5. The Morgan fingerprint density at radius 3 is 2.18 bits per heavy atom. The molecule has 98 valence electrons. The van der Waals surface area contributed by atoms with E-state index in [4.69, 9.17) is 10.5 Å². The molecule has 4 nitrogen and oxygen atoms in total. The minimum Gasteiger partial charge on any atom is -0.384 e. The summed E-state index contributed by atoms with van der Waals surface area (Å²) in [6.07, 6.45) is 1.81. The van der Waals surface area contributed by atoms with Gasteiger partial charge in [-0.3, -0.25) is 0 Å². The Morgan fingerprint density at radius 2 is 1.71 bits per heavy atom. The Bertz CT molecular complexity index is 268. The minimum atomic E-state index is 0.567. The van der Waals surface area contributed by atoms with Crippen LogP contribution in [0.25, 0.3) is 0 Å². The first-order valence-electron chi connectivity index (χ1n) is 6.40. The normalized spacial score (nSPS) is 14.0. The Kier molecular flexibility index (Phi) is 9.15. The zero-order chi connectivity index (χ0) is 13.1. The molecule has 2 N–H and O–H groups in total. The van der Waals surface area contributed by atoms with Crippen LogP contribution in [-0.2, 0) is 4.74 Å². The van der Waals surface area contributed by atoms with Crippen LogP contribution in [-0.4, -0.2) is 31.3 Å². The highest BCUT2D eigenvalue weighted by molar-refractivity contribution is 5.48. The van der Waals surface area contributed by atoms with Crippen molar-refractivity contribution < 1.29 is 4.74 Å². The molecule has 0 amide bonds. The summed E-state index contributed by atoms with van der Waals surface area (Å²) >= 11 is 0. The molecule has 0 aliphatic carbocycles. The second-order valence-corrected chi connectivity index (χ2v) is 3.04. The predicted molar refractivity (Wildman–Crippen MR) is 74.4 cm³/mol. The van der Waals surface area contributed by atoms with Gasteiger partial charge in [0.1, 0.15) is 5.82 Å². The summed E-state index contributed by atoms with van der Waals surface area (Å²) in [7, 11) is 0. The van der Waals surface area contributed by atoms with Crippen molar-refractivity contribution >= 4 is 11.5 Å². The van der Waals surface area contributed by atoms with E-state index < -0.39 is 0 Å². The van der Waals surface area contributed by atoms with Crippen molar-refractivity contribution in [1.82, 2.24) is 4.98 Å². The molecule has 1 aromatic rings. The lowest BCUT2D eigenvalue weighted by molar-refractivity contribution is 0.122. The zero-order valence-electron chi connectivity index (χ0n) is 11.4. The van der Waals surface area contributed by atoms with Gasteiger partial charge >= 0.3 is 0 Å². The predicted octanol–water partition coefficient (Wildman–Crippen LogP) is 2.55. The van der Waals surface area contributed by atoms with E-state index in [9.17, 15) is 0 Å². The van der Waals surface area contributed by atoms with Gasteiger partial charge in [-0.25, -0.2) is 4.98 Å². The van der Waals surface area contributed by atoms with E-state index in [0.29, 0.717) is 5.82 Å². The molecule has 0 spiro atoms. The molecule has 0 aromatic carbocycles. The van der Waals surface area contributed by atoms with E-state index in [1.165, 1.54) is 0 Å². The number of nitrogen functional groups attached to an aromatic ring is 1. The second kappa shape index (κ2) is 9.90. The fourth-order valence-corrected chi connectivity index (χ4v) is 1.41. The van der Waals surface area contributed by atoms with Gasteiger partial charge in [0, 0.05) is 13.1 Å². The summed E-state index contributed by atoms with van der Waals surface area (Å²) in [6.45, 7) is 11.5. The summed E-state index contributed by atoms with van der Waals surface area (Å²) in [5.74, 6) is 0.567. The number of hydrogen-bond acceptors (Lipinski definition) is 4. The van der Waals surface area contributed by atoms with Crippen LogP contribution in [0.2, 0.25) is 0 Å². The molecule has 2 heterocycles. The molecule has 17 heavy (non-hydrogen) atoms. The van der Waals surface area contributed by atoms with Crippen LogP contribution in [0.3, 0.4) is 0 Å². The smallest absolute Gasteiger partial charge is 0.123 e. The van der Waals surface area contributed by atoms with Gasteiger partial charge in [0.25, 0.3) is 0 Å². The van der Waals surface area contributed by atoms with E-state index in [2.05, 4.69) is 9.88 Å². The molecule has 2 rings (SSSR count). The molecular formula is C13H25N3O. The van der Waals surface area contributed by atoms with Crippen LogP contribution in [0.15, 0.2) is 18.3 Å². The fourth-order valence-electron chi connectivity index (χ4n) is 1.41. The quantitative estimate of drug-likeness (QED) is 0.818. The van der Waals surface area contributed by atoms with Crippen LogP contribution < -0.4 is 10.6 Å². The molecule has 0 atom stereocenters. The van der Waals surface area contributed by atoms with Crippen molar-refractivity contribution in [2.45, 2.75) is 27.7 Å². The number of nitrogens with zero attached hydrogens (tertiary/aromatic N) is 2. The van der Waals surface area contributed by atoms with Crippen molar-refractivity contribution in [2.75, 3.05) is 36.9 Å². The number of anilines is 2. The second-order valence-electron chi connectivity index (χ2n) is 3.04. The lowest BCUT2D eigenvalue weighted by Crippen LogP contribution is -2.36. The number of hydrogen-bond donors (Lipinski definition) is 1. The van der Waals surface area contributed by atoms with Crippen LogP contribution in [0.5, 0.6) is 0 Å². The van der Waals surface area contributed by atoms with Gasteiger partial charge in [-0.05, 0) is 12.1 Å². The average Bonchev–Trinajstić information content (AvgIpc) is 2.45. The standard InChI is InChI=1S/C9H13N3O.2C2H6/c10-9-2-1-8(7-11-9)12-3-5-13-6-4-12;2*1-2/h1-2,7H,3-6H2,(H2,10,11);2*1-2H3. The molecule has 1 saturated heterocycles. The van der Waals surface area contributed by atoms with Gasteiger partial charge in [-0.1, -0.05) is 27.7 Å². The van der Waals surface area contributed by atoms with Gasteiger partial charge < -0.3 is 15.4 Å². The zero-order valence-corrected chi connectivity index (χ0v) is 11.4. The Balaban J connectivity index is 0.000000581. The molecule has 0 bridgehead atoms. The first-order valence-corrected chi connectivity index (χ1v) is 6.40. The fraction of sp³-hybridized carbons (Fsp3) is 0.615. The molecule has 0 radical (unpaired) electrons. The molecule has 0 saturated carbocycles. The Labute approximate surface area is 105 Å². The van der Waals surface area contributed by atoms with E-state index in [-0.39, 0.29) is 0 Å². The number of aromatic nitrogens is 1. The first-order chi connectivity index (χ1) is 8.36. The van der Waals surface area contributed by atoms with Crippen LogP contribution in [0.1, 0.15) is 27.7 Å². The maximum atomic E-state index is 5.50. The van der Waals surface area contributed by atoms with E-state index >= 15 is 0 Å². The summed E-state index contributed by atoms with van der Waals surface area (Å²) in [6, 6.07) is 3.82.